The SMILES string of the molecule is Cc1cc(CCCOc2ccc(-c3noc(C(F)(F)F)n3)c([N+](=O)[O-])c2)on1. The van der Waals surface area contributed by atoms with Crippen LogP contribution >= 0.6 is 0 Å². The zero-order valence-electron chi connectivity index (χ0n) is 14.4. The second kappa shape index (κ2) is 7.66. The monoisotopic (exact) mass is 398 g/mol. The zero-order valence-corrected chi connectivity index (χ0v) is 14.4. The van der Waals surface area contributed by atoms with Crippen molar-refractivity contribution in [1.82, 2.24) is 15.3 Å². The summed E-state index contributed by atoms with van der Waals surface area (Å²) in [5.41, 5.74) is 0.0453. The van der Waals surface area contributed by atoms with Gasteiger partial charge in [0, 0.05) is 12.5 Å². The predicted octanol–water partition coefficient (Wildman–Crippen LogP) is 3.97. The van der Waals surface area contributed by atoms with Gasteiger partial charge in [0.1, 0.15) is 17.1 Å². The number of hydrogen-bond acceptors (Lipinski definition) is 8. The molecule has 12 heteroatoms. The van der Waals surface area contributed by atoms with Crippen LogP contribution in [0.3, 0.4) is 0 Å². The van der Waals surface area contributed by atoms with E-state index in [9.17, 15) is 23.3 Å². The van der Waals surface area contributed by atoms with E-state index in [1.807, 2.05) is 0 Å². The molecule has 2 aromatic heterocycles. The first-order valence-electron chi connectivity index (χ1n) is 7.99. The van der Waals surface area contributed by atoms with Gasteiger partial charge in [0.25, 0.3) is 5.69 Å². The maximum Gasteiger partial charge on any atom is 0.471 e. The van der Waals surface area contributed by atoms with E-state index in [1.165, 1.54) is 12.1 Å². The van der Waals surface area contributed by atoms with E-state index in [0.717, 1.165) is 11.8 Å². The Labute approximate surface area is 155 Å². The quantitative estimate of drug-likeness (QED) is 0.333. The Morgan fingerprint density at radius 2 is 2.00 bits per heavy atom. The van der Waals surface area contributed by atoms with E-state index in [1.54, 1.807) is 13.0 Å². The van der Waals surface area contributed by atoms with Crippen molar-refractivity contribution in [1.29, 1.82) is 0 Å². The molecule has 0 bridgehead atoms. The van der Waals surface area contributed by atoms with Crippen LogP contribution in [0.5, 0.6) is 5.75 Å². The van der Waals surface area contributed by atoms with E-state index < -0.39 is 28.5 Å². The highest BCUT2D eigenvalue weighted by Gasteiger charge is 2.39. The Bertz CT molecular complexity index is 983. The number of rotatable bonds is 7. The summed E-state index contributed by atoms with van der Waals surface area (Å²) in [6.07, 6.45) is -3.70. The molecule has 3 aromatic rings. The summed E-state index contributed by atoms with van der Waals surface area (Å²) in [6, 6.07) is 5.47. The Kier molecular flexibility index (Phi) is 5.29. The fraction of sp³-hybridized carbons (Fsp3) is 0.312. The number of nitro benzene ring substituents is 1. The molecule has 2 heterocycles. The van der Waals surface area contributed by atoms with E-state index >= 15 is 0 Å². The summed E-state index contributed by atoms with van der Waals surface area (Å²) in [5, 5.41) is 18.2. The summed E-state index contributed by atoms with van der Waals surface area (Å²) < 4.78 is 52.4. The van der Waals surface area contributed by atoms with E-state index in [4.69, 9.17) is 9.26 Å². The highest BCUT2D eigenvalue weighted by Crippen LogP contribution is 2.34. The molecule has 1 aromatic carbocycles. The molecular weight excluding hydrogens is 385 g/mol. The van der Waals surface area contributed by atoms with Gasteiger partial charge in [-0.3, -0.25) is 10.1 Å². The number of alkyl halides is 3. The van der Waals surface area contributed by atoms with Gasteiger partial charge in [-0.2, -0.15) is 18.2 Å². The smallest absolute Gasteiger partial charge is 0.471 e. The lowest BCUT2D eigenvalue weighted by Gasteiger charge is -2.06. The summed E-state index contributed by atoms with van der Waals surface area (Å²) in [7, 11) is 0. The van der Waals surface area contributed by atoms with Crippen LogP contribution in [0.1, 0.15) is 23.8 Å². The molecule has 0 radical (unpaired) electrons. The predicted molar refractivity (Wildman–Crippen MR) is 86.4 cm³/mol. The maximum atomic E-state index is 12.6. The first kappa shape index (κ1) is 19.3. The number of nitrogens with zero attached hydrogens (tertiary/aromatic N) is 4. The third-order valence-corrected chi connectivity index (χ3v) is 3.59. The molecule has 0 N–H and O–H groups in total. The van der Waals surface area contributed by atoms with Gasteiger partial charge in [-0.15, -0.1) is 0 Å². The Hall–Kier alpha value is -3.44. The Balaban J connectivity index is 1.70. The maximum absolute atomic E-state index is 12.6. The van der Waals surface area contributed by atoms with Crippen molar-refractivity contribution in [3.63, 3.8) is 0 Å². The highest BCUT2D eigenvalue weighted by molar-refractivity contribution is 5.69. The van der Waals surface area contributed by atoms with Gasteiger partial charge in [-0.05, 0) is 25.5 Å². The summed E-state index contributed by atoms with van der Waals surface area (Å²) in [6.45, 7) is 2.04. The van der Waals surface area contributed by atoms with Crippen molar-refractivity contribution in [2.24, 2.45) is 0 Å². The van der Waals surface area contributed by atoms with E-state index in [-0.39, 0.29) is 17.9 Å². The van der Waals surface area contributed by atoms with Crippen LogP contribution in [-0.4, -0.2) is 26.8 Å². The Morgan fingerprint density at radius 3 is 2.61 bits per heavy atom. The minimum atomic E-state index is -4.84. The molecule has 9 nitrogen and oxygen atoms in total. The first-order chi connectivity index (χ1) is 13.2. The second-order valence-corrected chi connectivity index (χ2v) is 5.74. The lowest BCUT2D eigenvalue weighted by Crippen LogP contribution is -2.05. The van der Waals surface area contributed by atoms with Gasteiger partial charge in [0.2, 0.25) is 5.82 Å². The summed E-state index contributed by atoms with van der Waals surface area (Å²) in [5.74, 6) is -1.24. The van der Waals surface area contributed by atoms with Gasteiger partial charge in [0.05, 0.1) is 23.3 Å². The van der Waals surface area contributed by atoms with Crippen molar-refractivity contribution < 1.29 is 31.9 Å². The first-order valence-corrected chi connectivity index (χ1v) is 7.99. The Morgan fingerprint density at radius 1 is 1.21 bits per heavy atom. The topological polar surface area (TPSA) is 117 Å². The number of hydrogen-bond donors (Lipinski definition) is 0. The minimum Gasteiger partial charge on any atom is -0.493 e. The number of halogens is 3. The van der Waals surface area contributed by atoms with Crippen LogP contribution in [0, 0.1) is 17.0 Å². The molecule has 3 rings (SSSR count). The standard InChI is InChI=1S/C16H13F3N4O5/c1-9-7-11(27-21-9)3-2-6-26-10-4-5-12(13(8-10)23(24)25)14-20-15(28-22-14)16(17,18)19/h4-5,7-8H,2-3,6H2,1H3. The molecule has 0 spiro atoms. The largest absolute Gasteiger partial charge is 0.493 e. The number of aryl methyl sites for hydroxylation is 2. The molecule has 0 aliphatic carbocycles. The molecule has 0 saturated heterocycles. The van der Waals surface area contributed by atoms with Crippen LogP contribution in [0.4, 0.5) is 18.9 Å². The van der Waals surface area contributed by atoms with Crippen LogP contribution in [0.25, 0.3) is 11.4 Å². The highest BCUT2D eigenvalue weighted by atomic mass is 19.4. The van der Waals surface area contributed by atoms with E-state index in [0.29, 0.717) is 18.6 Å². The van der Waals surface area contributed by atoms with Gasteiger partial charge in [-0.25, -0.2) is 0 Å². The van der Waals surface area contributed by atoms with Gasteiger partial charge >= 0.3 is 12.1 Å². The van der Waals surface area contributed by atoms with Crippen LogP contribution in [0.15, 0.2) is 33.3 Å². The third-order valence-electron chi connectivity index (χ3n) is 3.59. The number of ether oxygens (including phenoxy) is 1. The van der Waals surface area contributed by atoms with Crippen molar-refractivity contribution in [2.75, 3.05) is 6.61 Å². The zero-order chi connectivity index (χ0) is 20.3. The van der Waals surface area contributed by atoms with Crippen molar-refractivity contribution in [3.8, 4) is 17.1 Å². The fourth-order valence-electron chi connectivity index (χ4n) is 2.36. The molecule has 0 aliphatic rings. The summed E-state index contributed by atoms with van der Waals surface area (Å²) in [4.78, 5) is 13.7. The molecular formula is C16H13F3N4O5. The fourth-order valence-corrected chi connectivity index (χ4v) is 2.36. The summed E-state index contributed by atoms with van der Waals surface area (Å²) >= 11 is 0. The lowest BCUT2D eigenvalue weighted by atomic mass is 10.1. The molecule has 0 atom stereocenters. The van der Waals surface area contributed by atoms with Crippen molar-refractivity contribution in [3.05, 3.63) is 51.7 Å². The molecule has 0 fully saturated rings. The molecule has 0 unspecified atom stereocenters. The van der Waals surface area contributed by atoms with Gasteiger partial charge < -0.3 is 13.8 Å². The number of nitro groups is 1. The lowest BCUT2D eigenvalue weighted by molar-refractivity contribution is -0.384. The third kappa shape index (κ3) is 4.45. The van der Waals surface area contributed by atoms with Crippen LogP contribution < -0.4 is 4.74 Å². The van der Waals surface area contributed by atoms with E-state index in [2.05, 4.69) is 19.8 Å². The number of aromatic nitrogens is 3. The molecule has 148 valence electrons. The molecule has 0 aliphatic heterocycles. The van der Waals surface area contributed by atoms with Crippen LogP contribution in [0.2, 0.25) is 0 Å². The number of benzene rings is 1. The second-order valence-electron chi connectivity index (χ2n) is 5.74. The normalized spacial score (nSPS) is 11.6. The average molecular weight is 398 g/mol. The van der Waals surface area contributed by atoms with Crippen LogP contribution in [-0.2, 0) is 12.6 Å². The van der Waals surface area contributed by atoms with Gasteiger partial charge in [-0.1, -0.05) is 10.3 Å². The molecule has 0 saturated carbocycles. The average Bonchev–Trinajstić information content (AvgIpc) is 3.27. The molecule has 0 amide bonds. The van der Waals surface area contributed by atoms with Gasteiger partial charge in [0.15, 0.2) is 0 Å². The minimum absolute atomic E-state index is 0.184. The molecule has 28 heavy (non-hydrogen) atoms. The van der Waals surface area contributed by atoms with Crippen molar-refractivity contribution >= 4 is 5.69 Å². The van der Waals surface area contributed by atoms with Crippen molar-refractivity contribution in [2.45, 2.75) is 25.9 Å².